The predicted molar refractivity (Wildman–Crippen MR) is 144 cm³/mol. The van der Waals surface area contributed by atoms with Crippen molar-refractivity contribution in [3.8, 4) is 5.75 Å². The maximum atomic E-state index is 13.1. The van der Waals surface area contributed by atoms with Crippen molar-refractivity contribution < 1.29 is 43.9 Å². The third kappa shape index (κ3) is 7.68. The molecule has 1 atom stereocenters. The fourth-order valence-corrected chi connectivity index (χ4v) is 5.44. The Morgan fingerprint density at radius 2 is 1.87 bits per heavy atom. The van der Waals surface area contributed by atoms with E-state index in [4.69, 9.17) is 24.0 Å². The normalized spacial score (nSPS) is 11.9. The number of nitrogens with zero attached hydrogens (tertiary/aromatic N) is 3. The highest BCUT2D eigenvalue weighted by atomic mass is 79.9. The number of carbonyl (C=O) groups is 1. The molecule has 0 amide bonds. The third-order valence-electron chi connectivity index (χ3n) is 5.29. The molecule has 0 aliphatic carbocycles. The number of hydrogen-bond donors (Lipinski definition) is 4. The van der Waals surface area contributed by atoms with E-state index in [1.54, 1.807) is 43.8 Å². The zero-order valence-corrected chi connectivity index (χ0v) is 23.6. The summed E-state index contributed by atoms with van der Waals surface area (Å²) in [6.07, 6.45) is 5.08. The van der Waals surface area contributed by atoms with Crippen molar-refractivity contribution in [1.29, 1.82) is 0 Å². The zero-order chi connectivity index (χ0) is 27.3. The monoisotopic (exact) mass is 631 g/mol. The molecule has 2 heterocycles. The van der Waals surface area contributed by atoms with Crippen LogP contribution in [0, 0.1) is 0 Å². The molecule has 2 aromatic heterocycles. The molecule has 0 radical (unpaired) electrons. The maximum Gasteiger partial charge on any atom is 0.466 e. The number of phenols is 1. The molecule has 1 unspecified atom stereocenters. The SMILES string of the molecule is CCOC(=O)c1c(C[S+]([O-])c2ccccc2)n(C)c2cc(Br)c(O)c(Cn3ccnc3)c12.O.O=P(O)(O)O. The minimum atomic E-state index is -4.64. The molecule has 6 N–H and O–H groups in total. The molecular formula is C23H27BrN3O9PS. The molecule has 12 nitrogen and oxygen atoms in total. The summed E-state index contributed by atoms with van der Waals surface area (Å²) < 4.78 is 31.5. The first-order chi connectivity index (χ1) is 17.4. The van der Waals surface area contributed by atoms with Gasteiger partial charge in [-0.25, -0.2) is 14.3 Å². The van der Waals surface area contributed by atoms with Crippen LogP contribution in [0.3, 0.4) is 0 Å². The molecule has 4 aromatic rings. The Morgan fingerprint density at radius 3 is 2.42 bits per heavy atom. The van der Waals surface area contributed by atoms with Crippen molar-refractivity contribution in [2.24, 2.45) is 7.05 Å². The van der Waals surface area contributed by atoms with Gasteiger partial charge in [0, 0.05) is 30.4 Å². The van der Waals surface area contributed by atoms with Gasteiger partial charge >= 0.3 is 13.8 Å². The van der Waals surface area contributed by atoms with E-state index in [0.29, 0.717) is 38.1 Å². The van der Waals surface area contributed by atoms with Crippen molar-refractivity contribution in [2.45, 2.75) is 24.1 Å². The number of carbonyl (C=O) groups excluding carboxylic acids is 1. The third-order valence-corrected chi connectivity index (χ3v) is 7.23. The smallest absolute Gasteiger partial charge is 0.466 e. The number of aryl methyl sites for hydroxylation is 1. The molecule has 0 aliphatic rings. The van der Waals surface area contributed by atoms with Crippen molar-refractivity contribution in [3.63, 3.8) is 0 Å². The lowest BCUT2D eigenvalue weighted by Gasteiger charge is -2.13. The Hall–Kier alpha value is -2.68. The number of imidazole rings is 1. The van der Waals surface area contributed by atoms with E-state index in [-0.39, 0.29) is 23.6 Å². The van der Waals surface area contributed by atoms with E-state index in [2.05, 4.69) is 20.9 Å². The Kier molecular flexibility index (Phi) is 11.1. The minimum absolute atomic E-state index is 0. The molecule has 0 spiro atoms. The average molecular weight is 632 g/mol. The number of ether oxygens (including phenoxy) is 1. The van der Waals surface area contributed by atoms with Crippen LogP contribution in [0.2, 0.25) is 0 Å². The molecule has 38 heavy (non-hydrogen) atoms. The molecule has 4 rings (SSSR count). The van der Waals surface area contributed by atoms with Gasteiger partial charge in [0.05, 0.1) is 40.7 Å². The summed E-state index contributed by atoms with van der Waals surface area (Å²) in [6.45, 7) is 2.25. The second kappa shape index (κ2) is 13.4. The van der Waals surface area contributed by atoms with Crippen molar-refractivity contribution in [1.82, 2.24) is 14.1 Å². The van der Waals surface area contributed by atoms with Gasteiger partial charge in [-0.05, 0) is 52.2 Å². The van der Waals surface area contributed by atoms with E-state index >= 15 is 0 Å². The number of aromatic nitrogens is 3. The quantitative estimate of drug-likeness (QED) is 0.134. The van der Waals surface area contributed by atoms with E-state index < -0.39 is 25.0 Å². The lowest BCUT2D eigenvalue weighted by Crippen LogP contribution is -2.14. The lowest BCUT2D eigenvalue weighted by atomic mass is 10.0. The minimum Gasteiger partial charge on any atom is -0.611 e. The van der Waals surface area contributed by atoms with Gasteiger partial charge in [-0.1, -0.05) is 18.2 Å². The molecular weight excluding hydrogens is 605 g/mol. The molecule has 2 aromatic carbocycles. The molecule has 0 fully saturated rings. The first-order valence-corrected chi connectivity index (χ1v) is 14.5. The Balaban J connectivity index is 0.000000774. The summed E-state index contributed by atoms with van der Waals surface area (Å²) >= 11 is 2.06. The maximum absolute atomic E-state index is 13.1. The molecule has 0 saturated carbocycles. The van der Waals surface area contributed by atoms with Crippen LogP contribution in [0.25, 0.3) is 10.9 Å². The largest absolute Gasteiger partial charge is 0.611 e. The summed E-state index contributed by atoms with van der Waals surface area (Å²) in [7, 11) is -2.81. The highest BCUT2D eigenvalue weighted by Crippen LogP contribution is 2.40. The van der Waals surface area contributed by atoms with Gasteiger partial charge < -0.3 is 43.7 Å². The lowest BCUT2D eigenvalue weighted by molar-refractivity contribution is 0.0527. The number of benzene rings is 2. The average Bonchev–Trinajstić information content (AvgIpc) is 3.43. The number of aromatic hydroxyl groups is 1. The number of fused-ring (bicyclic) bond motifs is 1. The van der Waals surface area contributed by atoms with E-state index in [9.17, 15) is 14.5 Å². The fourth-order valence-electron chi connectivity index (χ4n) is 3.77. The number of phosphoric acid groups is 1. The van der Waals surface area contributed by atoms with Gasteiger partial charge in [-0.15, -0.1) is 0 Å². The van der Waals surface area contributed by atoms with Gasteiger partial charge in [0.2, 0.25) is 0 Å². The van der Waals surface area contributed by atoms with Crippen LogP contribution in [-0.2, 0) is 39.8 Å². The van der Waals surface area contributed by atoms with Gasteiger partial charge in [0.1, 0.15) is 5.75 Å². The van der Waals surface area contributed by atoms with Crippen LogP contribution in [0.5, 0.6) is 5.75 Å². The van der Waals surface area contributed by atoms with Crippen LogP contribution in [0.15, 0.2) is 64.5 Å². The van der Waals surface area contributed by atoms with E-state index in [1.165, 1.54) is 0 Å². The van der Waals surface area contributed by atoms with Crippen molar-refractivity contribution in [2.75, 3.05) is 6.61 Å². The van der Waals surface area contributed by atoms with Crippen molar-refractivity contribution >= 4 is 51.8 Å². The molecule has 0 bridgehead atoms. The number of hydrogen-bond acceptors (Lipinski definition) is 6. The van der Waals surface area contributed by atoms with Crippen LogP contribution in [0.4, 0.5) is 0 Å². The van der Waals surface area contributed by atoms with E-state index in [1.807, 2.05) is 34.4 Å². The van der Waals surface area contributed by atoms with Gasteiger partial charge in [0.15, 0.2) is 10.6 Å². The van der Waals surface area contributed by atoms with Crippen LogP contribution >= 0.6 is 23.8 Å². The summed E-state index contributed by atoms with van der Waals surface area (Å²) in [6, 6.07) is 10.9. The number of esters is 1. The first kappa shape index (κ1) is 31.5. The Bertz CT molecular complexity index is 1420. The van der Waals surface area contributed by atoms with Gasteiger partial charge in [-0.2, -0.15) is 0 Å². The van der Waals surface area contributed by atoms with Crippen LogP contribution in [0.1, 0.15) is 28.5 Å². The highest BCUT2D eigenvalue weighted by Gasteiger charge is 2.30. The fraction of sp³-hybridized carbons (Fsp3) is 0.217. The second-order valence-electron chi connectivity index (χ2n) is 7.73. The topological polar surface area (TPSA) is 202 Å². The van der Waals surface area contributed by atoms with Crippen LogP contribution in [-0.4, -0.2) is 56.5 Å². The standard InChI is InChI=1S/C23H22BrN3O4S.H3O4P.H2O/c1-3-31-23(29)21-19(13-32(30)15-7-5-4-6-8-15)26(2)18-11-17(24)22(28)16(20(18)21)12-27-10-9-25-14-27;1-5(2,3)4;/h4-11,14,28H,3,12-13H2,1-2H3;(H3,1,2,3,4);1H2. The highest BCUT2D eigenvalue weighted by molar-refractivity contribution is 9.10. The molecule has 206 valence electrons. The van der Waals surface area contributed by atoms with Crippen LogP contribution < -0.4 is 0 Å². The summed E-state index contributed by atoms with van der Waals surface area (Å²) in [4.78, 5) is 39.4. The Morgan fingerprint density at radius 1 is 1.24 bits per heavy atom. The Labute approximate surface area is 229 Å². The van der Waals surface area contributed by atoms with E-state index in [0.717, 1.165) is 5.52 Å². The van der Waals surface area contributed by atoms with Crippen molar-refractivity contribution in [3.05, 3.63) is 76.4 Å². The molecule has 0 saturated heterocycles. The molecule has 0 aliphatic heterocycles. The predicted octanol–water partition coefficient (Wildman–Crippen LogP) is 2.62. The summed E-state index contributed by atoms with van der Waals surface area (Å²) in [5, 5.41) is 11.5. The second-order valence-corrected chi connectivity index (χ2v) is 11.1. The summed E-state index contributed by atoms with van der Waals surface area (Å²) in [5.41, 5.74) is 2.20. The number of rotatable bonds is 7. The van der Waals surface area contributed by atoms with Gasteiger partial charge in [0.25, 0.3) is 0 Å². The van der Waals surface area contributed by atoms with Gasteiger partial charge in [-0.3, -0.25) is 0 Å². The number of phenolic OH excluding ortho intramolecular Hbond substituents is 1. The zero-order valence-electron chi connectivity index (χ0n) is 20.3. The number of halogens is 1. The molecule has 15 heteroatoms. The first-order valence-electron chi connectivity index (χ1n) is 10.8. The summed E-state index contributed by atoms with van der Waals surface area (Å²) in [5.74, 6) is -0.337.